The highest BCUT2D eigenvalue weighted by Crippen LogP contribution is 2.10. The predicted molar refractivity (Wildman–Crippen MR) is 49.0 cm³/mol. The van der Waals surface area contributed by atoms with Crippen molar-refractivity contribution in [1.82, 2.24) is 0 Å². The summed E-state index contributed by atoms with van der Waals surface area (Å²) in [6.07, 6.45) is 1.34. The maximum Gasteiger partial charge on any atom is 0.0250 e. The molecule has 0 bridgehead atoms. The van der Waals surface area contributed by atoms with Crippen molar-refractivity contribution in [2.24, 2.45) is 0 Å². The molecule has 0 spiro atoms. The second kappa shape index (κ2) is 3.15. The minimum absolute atomic E-state index is 0.926. The van der Waals surface area contributed by atoms with Gasteiger partial charge >= 0.3 is 0 Å². The smallest absolute Gasteiger partial charge is 0.0250 e. The molecule has 1 nitrogen and oxygen atoms in total. The van der Waals surface area contributed by atoms with Gasteiger partial charge in [-0.1, -0.05) is 36.4 Å². The Hall–Kier alpha value is -1.37. The average Bonchev–Trinajstić information content (AvgIpc) is 2.05. The van der Waals surface area contributed by atoms with Gasteiger partial charge in [0.05, 0.1) is 0 Å². The maximum atomic E-state index is 6.97. The molecule has 1 aromatic carbocycles. The first kappa shape index (κ1) is 7.73. The van der Waals surface area contributed by atoms with E-state index in [0.29, 0.717) is 0 Å². The molecule has 0 aromatic heterocycles. The summed E-state index contributed by atoms with van der Waals surface area (Å²) in [4.78, 5) is 0. The van der Waals surface area contributed by atoms with Crippen molar-refractivity contribution in [3.63, 3.8) is 0 Å². The SMILES string of the molecule is C=C(C)c1ccc(C=N)cc1. The lowest BCUT2D eigenvalue weighted by Gasteiger charge is -1.98. The summed E-state index contributed by atoms with van der Waals surface area (Å²) in [6, 6.07) is 7.78. The molecule has 1 aromatic rings. The standard InChI is InChI=1S/C10H11N/c1-8(2)10-5-3-9(7-11)4-6-10/h3-7,11H,1H2,2H3. The van der Waals surface area contributed by atoms with Crippen molar-refractivity contribution >= 4 is 11.8 Å². The largest absolute Gasteiger partial charge is 0.308 e. The van der Waals surface area contributed by atoms with E-state index in [1.54, 1.807) is 0 Å². The van der Waals surface area contributed by atoms with E-state index in [2.05, 4.69) is 6.58 Å². The molecule has 0 saturated carbocycles. The van der Waals surface area contributed by atoms with Crippen LogP contribution in [0.3, 0.4) is 0 Å². The molecule has 0 unspecified atom stereocenters. The van der Waals surface area contributed by atoms with Gasteiger partial charge in [-0.2, -0.15) is 0 Å². The summed E-state index contributed by atoms with van der Waals surface area (Å²) in [5, 5.41) is 6.97. The fourth-order valence-corrected chi connectivity index (χ4v) is 0.864. The van der Waals surface area contributed by atoms with Crippen molar-refractivity contribution in [3.05, 3.63) is 42.0 Å². The second-order valence-electron chi connectivity index (χ2n) is 2.55. The van der Waals surface area contributed by atoms with Crippen LogP contribution in [-0.4, -0.2) is 6.21 Å². The van der Waals surface area contributed by atoms with Gasteiger partial charge in [0.2, 0.25) is 0 Å². The first-order chi connectivity index (χ1) is 5.24. The summed E-state index contributed by atoms with van der Waals surface area (Å²) in [7, 11) is 0. The minimum atomic E-state index is 0.926. The number of hydrogen-bond donors (Lipinski definition) is 1. The zero-order chi connectivity index (χ0) is 8.27. The summed E-state index contributed by atoms with van der Waals surface area (Å²) >= 11 is 0. The predicted octanol–water partition coefficient (Wildman–Crippen LogP) is 2.72. The van der Waals surface area contributed by atoms with Gasteiger partial charge in [-0.25, -0.2) is 0 Å². The van der Waals surface area contributed by atoms with Crippen LogP contribution in [0.25, 0.3) is 5.57 Å². The van der Waals surface area contributed by atoms with E-state index >= 15 is 0 Å². The topological polar surface area (TPSA) is 23.9 Å². The van der Waals surface area contributed by atoms with E-state index in [1.807, 2.05) is 31.2 Å². The van der Waals surface area contributed by atoms with E-state index in [4.69, 9.17) is 5.41 Å². The van der Waals surface area contributed by atoms with Gasteiger partial charge in [-0.05, 0) is 18.1 Å². The molecule has 0 aliphatic rings. The first-order valence-corrected chi connectivity index (χ1v) is 3.50. The average molecular weight is 145 g/mol. The highest BCUT2D eigenvalue weighted by Gasteiger charge is 1.91. The van der Waals surface area contributed by atoms with Gasteiger partial charge in [0.25, 0.3) is 0 Å². The van der Waals surface area contributed by atoms with Crippen LogP contribution in [0.2, 0.25) is 0 Å². The molecule has 11 heavy (non-hydrogen) atoms. The van der Waals surface area contributed by atoms with Gasteiger partial charge in [-0.15, -0.1) is 0 Å². The van der Waals surface area contributed by atoms with Crippen molar-refractivity contribution in [3.8, 4) is 0 Å². The van der Waals surface area contributed by atoms with Crippen LogP contribution in [0.4, 0.5) is 0 Å². The van der Waals surface area contributed by atoms with Crippen LogP contribution in [0.1, 0.15) is 18.1 Å². The lowest BCUT2D eigenvalue weighted by Crippen LogP contribution is -1.80. The molecule has 0 radical (unpaired) electrons. The molecular formula is C10H11N. The second-order valence-corrected chi connectivity index (χ2v) is 2.55. The highest BCUT2D eigenvalue weighted by atomic mass is 14.3. The van der Waals surface area contributed by atoms with Crippen molar-refractivity contribution in [1.29, 1.82) is 5.41 Å². The molecule has 1 N–H and O–H groups in total. The van der Waals surface area contributed by atoms with Gasteiger partial charge in [0.1, 0.15) is 0 Å². The van der Waals surface area contributed by atoms with Gasteiger partial charge in [0, 0.05) is 6.21 Å². The van der Waals surface area contributed by atoms with Crippen molar-refractivity contribution in [2.45, 2.75) is 6.92 Å². The molecule has 1 heteroatoms. The molecule has 0 aliphatic heterocycles. The Labute approximate surface area is 66.9 Å². The normalized spacial score (nSPS) is 9.18. The van der Waals surface area contributed by atoms with Gasteiger partial charge in [-0.3, -0.25) is 0 Å². The van der Waals surface area contributed by atoms with Crippen LogP contribution in [-0.2, 0) is 0 Å². The zero-order valence-electron chi connectivity index (χ0n) is 6.59. The maximum absolute atomic E-state index is 6.97. The summed E-state index contributed by atoms with van der Waals surface area (Å²) < 4.78 is 0. The lowest BCUT2D eigenvalue weighted by atomic mass is 10.1. The fourth-order valence-electron chi connectivity index (χ4n) is 0.864. The Bertz CT molecular complexity index is 269. The molecule has 0 atom stereocenters. The number of hydrogen-bond acceptors (Lipinski definition) is 1. The zero-order valence-corrected chi connectivity index (χ0v) is 6.59. The number of rotatable bonds is 2. The van der Waals surface area contributed by atoms with Crippen LogP contribution in [0, 0.1) is 5.41 Å². The molecule has 0 aliphatic carbocycles. The summed E-state index contributed by atoms with van der Waals surface area (Å²) in [5.74, 6) is 0. The third-order valence-corrected chi connectivity index (χ3v) is 1.57. The van der Waals surface area contributed by atoms with E-state index in [1.165, 1.54) is 6.21 Å². The molecule has 1 rings (SSSR count). The van der Waals surface area contributed by atoms with Crippen LogP contribution >= 0.6 is 0 Å². The quantitative estimate of drug-likeness (QED) is 0.619. The summed E-state index contributed by atoms with van der Waals surface area (Å²) in [5.41, 5.74) is 3.12. The Morgan fingerprint density at radius 3 is 2.27 bits per heavy atom. The monoisotopic (exact) mass is 145 g/mol. The fraction of sp³-hybridized carbons (Fsp3) is 0.100. The minimum Gasteiger partial charge on any atom is -0.308 e. The van der Waals surface area contributed by atoms with Crippen LogP contribution < -0.4 is 0 Å². The Kier molecular flexibility index (Phi) is 2.21. The Morgan fingerprint density at radius 1 is 1.36 bits per heavy atom. The van der Waals surface area contributed by atoms with Crippen LogP contribution in [0.15, 0.2) is 30.8 Å². The lowest BCUT2D eigenvalue weighted by molar-refractivity contribution is 1.52. The number of benzene rings is 1. The summed E-state index contributed by atoms with van der Waals surface area (Å²) in [6.45, 7) is 5.80. The molecule has 0 fully saturated rings. The third kappa shape index (κ3) is 1.77. The van der Waals surface area contributed by atoms with E-state index in [-0.39, 0.29) is 0 Å². The Balaban J connectivity index is 3.00. The third-order valence-electron chi connectivity index (χ3n) is 1.57. The molecule has 0 amide bonds. The van der Waals surface area contributed by atoms with Crippen LogP contribution in [0.5, 0.6) is 0 Å². The number of allylic oxidation sites excluding steroid dienone is 1. The molecule has 0 heterocycles. The van der Waals surface area contributed by atoms with E-state index in [9.17, 15) is 0 Å². The van der Waals surface area contributed by atoms with E-state index in [0.717, 1.165) is 16.7 Å². The number of nitrogens with one attached hydrogen (secondary N) is 1. The molecule has 0 saturated heterocycles. The van der Waals surface area contributed by atoms with Gasteiger partial charge < -0.3 is 5.41 Å². The first-order valence-electron chi connectivity index (χ1n) is 3.50. The molecular weight excluding hydrogens is 134 g/mol. The van der Waals surface area contributed by atoms with Crippen molar-refractivity contribution < 1.29 is 0 Å². The Morgan fingerprint density at radius 2 is 1.91 bits per heavy atom. The van der Waals surface area contributed by atoms with Gasteiger partial charge in [0.15, 0.2) is 0 Å². The van der Waals surface area contributed by atoms with Crippen molar-refractivity contribution in [2.75, 3.05) is 0 Å². The van der Waals surface area contributed by atoms with E-state index < -0.39 is 0 Å². The highest BCUT2D eigenvalue weighted by molar-refractivity contribution is 5.77. The molecule has 56 valence electrons.